The Morgan fingerprint density at radius 2 is 1.92 bits per heavy atom. The van der Waals surface area contributed by atoms with Crippen molar-refractivity contribution in [1.29, 1.82) is 0 Å². The van der Waals surface area contributed by atoms with E-state index < -0.39 is 10.0 Å². The van der Waals surface area contributed by atoms with Gasteiger partial charge in [-0.15, -0.1) is 10.2 Å². The van der Waals surface area contributed by atoms with Gasteiger partial charge in [-0.2, -0.15) is 0 Å². The Balaban J connectivity index is 1.97. The number of hydrogen-bond donors (Lipinski definition) is 2. The Kier molecular flexibility index (Phi) is 6.89. The fourth-order valence-corrected chi connectivity index (χ4v) is 3.99. The molecule has 0 unspecified atom stereocenters. The second-order valence-corrected chi connectivity index (χ2v) is 8.03. The maximum atomic E-state index is 12.3. The van der Waals surface area contributed by atoms with Crippen molar-refractivity contribution in [2.75, 3.05) is 26.1 Å². The fourth-order valence-electron chi connectivity index (χ4n) is 2.00. The van der Waals surface area contributed by atoms with Crippen LogP contribution in [0.2, 0.25) is 0 Å². The van der Waals surface area contributed by atoms with Gasteiger partial charge in [-0.05, 0) is 24.1 Å². The molecule has 2 N–H and O–H groups in total. The molecule has 9 nitrogen and oxygen atoms in total. The minimum atomic E-state index is -3.79. The number of anilines is 1. The molecule has 0 aliphatic carbocycles. The average Bonchev–Trinajstić information content (AvgIpc) is 3.10. The number of hydrogen-bond acceptors (Lipinski definition) is 8. The minimum Gasteiger partial charge on any atom is -0.493 e. The first-order valence-corrected chi connectivity index (χ1v) is 10.0. The normalized spacial score (nSPS) is 11.2. The molecule has 0 radical (unpaired) electrons. The van der Waals surface area contributed by atoms with Crippen LogP contribution in [0.15, 0.2) is 22.5 Å². The predicted octanol–water partition coefficient (Wildman–Crippen LogP) is 1.42. The van der Waals surface area contributed by atoms with Crippen LogP contribution in [0.5, 0.6) is 11.5 Å². The number of carbonyl (C=O) groups is 1. The number of nitrogens with one attached hydrogen (secondary N) is 2. The maximum Gasteiger partial charge on any atom is 0.269 e. The lowest BCUT2D eigenvalue weighted by atomic mass is 10.1. The predicted molar refractivity (Wildman–Crippen MR) is 97.3 cm³/mol. The van der Waals surface area contributed by atoms with E-state index in [4.69, 9.17) is 9.47 Å². The standard InChI is InChI=1S/C15H20N4O5S2/c1-4-13(20)17-14-18-19-15(25-14)26(21,22)16-8-7-10-5-6-11(23-2)12(9-10)24-3/h5-6,9,16H,4,7-8H2,1-3H3,(H,17,18,20). The molecular weight excluding hydrogens is 380 g/mol. The van der Waals surface area contributed by atoms with E-state index in [2.05, 4.69) is 20.2 Å². The molecule has 2 rings (SSSR count). The van der Waals surface area contributed by atoms with Crippen molar-refractivity contribution in [3.05, 3.63) is 23.8 Å². The first-order valence-electron chi connectivity index (χ1n) is 7.73. The highest BCUT2D eigenvalue weighted by Crippen LogP contribution is 2.27. The Labute approximate surface area is 155 Å². The van der Waals surface area contributed by atoms with Gasteiger partial charge in [0.25, 0.3) is 10.0 Å². The zero-order chi connectivity index (χ0) is 19.2. The summed E-state index contributed by atoms with van der Waals surface area (Å²) in [4.78, 5) is 11.3. The highest BCUT2D eigenvalue weighted by Gasteiger charge is 2.20. The SMILES string of the molecule is CCC(=O)Nc1nnc(S(=O)(=O)NCCc2ccc(OC)c(OC)c2)s1. The van der Waals surface area contributed by atoms with Crippen molar-refractivity contribution in [3.8, 4) is 11.5 Å². The zero-order valence-corrected chi connectivity index (χ0v) is 16.2. The fraction of sp³-hybridized carbons (Fsp3) is 0.400. The molecule has 0 atom stereocenters. The van der Waals surface area contributed by atoms with Crippen molar-refractivity contribution in [3.63, 3.8) is 0 Å². The van der Waals surface area contributed by atoms with E-state index in [1.807, 2.05) is 6.07 Å². The number of methoxy groups -OCH3 is 2. The van der Waals surface area contributed by atoms with Crippen LogP contribution in [0.25, 0.3) is 0 Å². The van der Waals surface area contributed by atoms with Gasteiger partial charge in [0.1, 0.15) is 0 Å². The number of carbonyl (C=O) groups excluding carboxylic acids is 1. The van der Waals surface area contributed by atoms with Crippen molar-refractivity contribution >= 4 is 32.4 Å². The van der Waals surface area contributed by atoms with E-state index in [-0.39, 0.29) is 28.3 Å². The third kappa shape index (κ3) is 5.13. The van der Waals surface area contributed by atoms with Crippen LogP contribution in [0.4, 0.5) is 5.13 Å². The van der Waals surface area contributed by atoms with Gasteiger partial charge in [0.15, 0.2) is 11.5 Å². The smallest absolute Gasteiger partial charge is 0.269 e. The number of aromatic nitrogens is 2. The van der Waals surface area contributed by atoms with E-state index >= 15 is 0 Å². The number of rotatable bonds is 9. The average molecular weight is 400 g/mol. The number of nitrogens with zero attached hydrogens (tertiary/aromatic N) is 2. The van der Waals surface area contributed by atoms with Gasteiger partial charge in [0, 0.05) is 13.0 Å². The first kappa shape index (κ1) is 20.1. The molecule has 1 heterocycles. The lowest BCUT2D eigenvalue weighted by molar-refractivity contribution is -0.115. The molecule has 0 saturated carbocycles. The number of amides is 1. The summed E-state index contributed by atoms with van der Waals surface area (Å²) in [6, 6.07) is 5.38. The highest BCUT2D eigenvalue weighted by atomic mass is 32.2. The van der Waals surface area contributed by atoms with Gasteiger partial charge in [-0.25, -0.2) is 13.1 Å². The largest absolute Gasteiger partial charge is 0.493 e. The van der Waals surface area contributed by atoms with E-state index in [1.165, 1.54) is 7.11 Å². The highest BCUT2D eigenvalue weighted by molar-refractivity contribution is 7.91. The Hall–Kier alpha value is -2.24. The Morgan fingerprint density at radius 3 is 2.58 bits per heavy atom. The van der Waals surface area contributed by atoms with E-state index in [9.17, 15) is 13.2 Å². The number of benzene rings is 1. The van der Waals surface area contributed by atoms with Gasteiger partial charge in [-0.3, -0.25) is 4.79 Å². The van der Waals surface area contributed by atoms with Crippen molar-refractivity contribution < 1.29 is 22.7 Å². The van der Waals surface area contributed by atoms with Gasteiger partial charge < -0.3 is 14.8 Å². The summed E-state index contributed by atoms with van der Waals surface area (Å²) >= 11 is 0.800. The summed E-state index contributed by atoms with van der Waals surface area (Å²) in [5.41, 5.74) is 0.888. The minimum absolute atomic E-state index is 0.150. The van der Waals surface area contributed by atoms with Crippen LogP contribution in [0.3, 0.4) is 0 Å². The van der Waals surface area contributed by atoms with Crippen LogP contribution in [0, 0.1) is 0 Å². The molecule has 11 heteroatoms. The Bertz CT molecular complexity index is 867. The lowest BCUT2D eigenvalue weighted by Crippen LogP contribution is -2.26. The molecule has 0 aliphatic heterocycles. The molecule has 0 aliphatic rings. The summed E-state index contributed by atoms with van der Waals surface area (Å²) in [7, 11) is -0.710. The van der Waals surface area contributed by atoms with Gasteiger partial charge >= 0.3 is 0 Å². The van der Waals surface area contributed by atoms with Crippen molar-refractivity contribution in [2.24, 2.45) is 0 Å². The molecular formula is C15H20N4O5S2. The summed E-state index contributed by atoms with van der Waals surface area (Å²) < 4.78 is 37.2. The van der Waals surface area contributed by atoms with Crippen molar-refractivity contribution in [1.82, 2.24) is 14.9 Å². The first-order chi connectivity index (χ1) is 12.4. The van der Waals surface area contributed by atoms with Gasteiger partial charge in [0.05, 0.1) is 14.2 Å². The van der Waals surface area contributed by atoms with E-state index in [1.54, 1.807) is 26.2 Å². The molecule has 1 amide bonds. The van der Waals surface area contributed by atoms with Crippen LogP contribution >= 0.6 is 11.3 Å². The summed E-state index contributed by atoms with van der Waals surface area (Å²) in [5.74, 6) is 0.923. The molecule has 0 bridgehead atoms. The van der Waals surface area contributed by atoms with E-state index in [0.717, 1.165) is 16.9 Å². The monoisotopic (exact) mass is 400 g/mol. The van der Waals surface area contributed by atoms with E-state index in [0.29, 0.717) is 17.9 Å². The third-order valence-corrected chi connectivity index (χ3v) is 6.02. The summed E-state index contributed by atoms with van der Waals surface area (Å²) in [5, 5.41) is 9.91. The van der Waals surface area contributed by atoms with Gasteiger partial charge in [-0.1, -0.05) is 24.3 Å². The maximum absolute atomic E-state index is 12.3. The molecule has 26 heavy (non-hydrogen) atoms. The third-order valence-electron chi connectivity index (χ3n) is 3.36. The molecule has 0 fully saturated rings. The second-order valence-electron chi connectivity index (χ2n) is 5.11. The number of ether oxygens (including phenoxy) is 2. The molecule has 2 aromatic rings. The van der Waals surface area contributed by atoms with Crippen LogP contribution < -0.4 is 19.5 Å². The molecule has 0 saturated heterocycles. The summed E-state index contributed by atoms with van der Waals surface area (Å²) in [6.45, 7) is 1.86. The van der Waals surface area contributed by atoms with Gasteiger partial charge in [0.2, 0.25) is 15.4 Å². The van der Waals surface area contributed by atoms with Crippen LogP contribution in [-0.2, 0) is 21.2 Å². The molecule has 142 valence electrons. The molecule has 1 aromatic heterocycles. The second kappa shape index (κ2) is 8.92. The molecule has 0 spiro atoms. The molecule has 1 aromatic carbocycles. The zero-order valence-electron chi connectivity index (χ0n) is 14.6. The van der Waals surface area contributed by atoms with Crippen LogP contribution in [-0.4, -0.2) is 45.3 Å². The Morgan fingerprint density at radius 1 is 1.19 bits per heavy atom. The quantitative estimate of drug-likeness (QED) is 0.611. The van der Waals surface area contributed by atoms with Crippen LogP contribution in [0.1, 0.15) is 18.9 Å². The number of sulfonamides is 1. The topological polar surface area (TPSA) is 120 Å². The lowest BCUT2D eigenvalue weighted by Gasteiger charge is -2.09. The summed E-state index contributed by atoms with van der Waals surface area (Å²) in [6.07, 6.45) is 0.725. The van der Waals surface area contributed by atoms with Crippen molar-refractivity contribution in [2.45, 2.75) is 24.1 Å².